The molecule has 3 heteroatoms. The fourth-order valence-electron chi connectivity index (χ4n) is 0.687. The molecule has 1 rings (SSSR count). The molecule has 1 nitrogen and oxygen atoms in total. The van der Waals surface area contributed by atoms with E-state index in [0.717, 1.165) is 15.8 Å². The first-order valence-electron chi connectivity index (χ1n) is 3.21. The van der Waals surface area contributed by atoms with E-state index in [1.54, 1.807) is 0 Å². The Balaban J connectivity index is 2.78. The average molecular weight is 280 g/mol. The van der Waals surface area contributed by atoms with E-state index < -0.39 is 0 Å². The van der Waals surface area contributed by atoms with Gasteiger partial charge in [0.15, 0.2) is 4.67 Å². The first kappa shape index (κ1) is 9.07. The maximum atomic E-state index is 5.28. The van der Waals surface area contributed by atoms with E-state index in [4.69, 9.17) is 4.42 Å². The van der Waals surface area contributed by atoms with Crippen LogP contribution in [-0.2, 0) is 0 Å². The lowest BCUT2D eigenvalue weighted by atomic mass is 10.3. The van der Waals surface area contributed by atoms with Gasteiger partial charge in [-0.05, 0) is 41.1 Å². The van der Waals surface area contributed by atoms with Crippen molar-refractivity contribution < 1.29 is 4.42 Å². The molecule has 0 aliphatic heterocycles. The molecule has 11 heavy (non-hydrogen) atoms. The third-order valence-electron chi connectivity index (χ3n) is 1.19. The maximum Gasteiger partial charge on any atom is 0.169 e. The summed E-state index contributed by atoms with van der Waals surface area (Å²) in [6.45, 7) is 2.05. The Morgan fingerprint density at radius 1 is 1.64 bits per heavy atom. The van der Waals surface area contributed by atoms with Crippen LogP contribution in [0.25, 0.3) is 6.08 Å². The second-order valence-electron chi connectivity index (χ2n) is 2.27. The summed E-state index contributed by atoms with van der Waals surface area (Å²) in [5.41, 5.74) is 1.24. The lowest BCUT2D eigenvalue weighted by Crippen LogP contribution is -1.73. The van der Waals surface area contributed by atoms with Crippen molar-refractivity contribution in [2.75, 3.05) is 5.33 Å². The number of rotatable bonds is 2. The number of furan rings is 1. The van der Waals surface area contributed by atoms with Crippen LogP contribution in [0.2, 0.25) is 0 Å². The largest absolute Gasteiger partial charge is 0.450 e. The molecule has 60 valence electrons. The summed E-state index contributed by atoms with van der Waals surface area (Å²) < 4.78 is 6.04. The summed E-state index contributed by atoms with van der Waals surface area (Å²) in [5.74, 6) is 0.883. The molecule has 1 heterocycles. The van der Waals surface area contributed by atoms with Crippen LogP contribution in [0, 0.1) is 0 Å². The second-order valence-corrected chi connectivity index (χ2v) is 3.61. The predicted octanol–water partition coefficient (Wildman–Crippen LogP) is 3.84. The van der Waals surface area contributed by atoms with Gasteiger partial charge in [-0.15, -0.1) is 0 Å². The summed E-state index contributed by atoms with van der Waals surface area (Å²) in [6, 6.07) is 3.81. The molecule has 0 aromatic carbocycles. The van der Waals surface area contributed by atoms with Gasteiger partial charge >= 0.3 is 0 Å². The molecule has 0 aliphatic carbocycles. The zero-order chi connectivity index (χ0) is 8.27. The van der Waals surface area contributed by atoms with Crippen LogP contribution in [0.3, 0.4) is 0 Å². The Kier molecular flexibility index (Phi) is 3.40. The van der Waals surface area contributed by atoms with Crippen LogP contribution in [0.15, 0.2) is 26.8 Å². The first-order chi connectivity index (χ1) is 5.22. The number of allylic oxidation sites excluding steroid dienone is 1. The van der Waals surface area contributed by atoms with Gasteiger partial charge in [0.2, 0.25) is 0 Å². The number of halogens is 2. The van der Waals surface area contributed by atoms with E-state index in [1.165, 1.54) is 5.57 Å². The van der Waals surface area contributed by atoms with Crippen LogP contribution in [0.4, 0.5) is 0 Å². The standard InChI is InChI=1S/C8H8Br2O/c1-6(5-9)4-7-2-3-8(10)11-7/h2-4H,5H2,1H3. The molecule has 0 bridgehead atoms. The van der Waals surface area contributed by atoms with Gasteiger partial charge in [-0.3, -0.25) is 0 Å². The first-order valence-corrected chi connectivity index (χ1v) is 5.12. The molecule has 0 atom stereocenters. The van der Waals surface area contributed by atoms with Gasteiger partial charge in [0, 0.05) is 5.33 Å². The van der Waals surface area contributed by atoms with Gasteiger partial charge in [0.1, 0.15) is 5.76 Å². The van der Waals surface area contributed by atoms with Gasteiger partial charge in [-0.2, -0.15) is 0 Å². The summed E-state index contributed by atoms with van der Waals surface area (Å²) >= 11 is 6.59. The minimum atomic E-state index is 0.770. The third-order valence-corrected chi connectivity index (χ3v) is 2.50. The van der Waals surface area contributed by atoms with Crippen LogP contribution in [0.1, 0.15) is 12.7 Å². The van der Waals surface area contributed by atoms with E-state index >= 15 is 0 Å². The molecule has 1 aromatic heterocycles. The van der Waals surface area contributed by atoms with Crippen LogP contribution in [0.5, 0.6) is 0 Å². The van der Waals surface area contributed by atoms with E-state index in [1.807, 2.05) is 25.1 Å². The molecule has 0 radical (unpaired) electrons. The van der Waals surface area contributed by atoms with E-state index in [-0.39, 0.29) is 0 Å². The van der Waals surface area contributed by atoms with E-state index in [9.17, 15) is 0 Å². The highest BCUT2D eigenvalue weighted by atomic mass is 79.9. The van der Waals surface area contributed by atoms with E-state index in [0.29, 0.717) is 0 Å². The predicted molar refractivity (Wildman–Crippen MR) is 53.9 cm³/mol. The van der Waals surface area contributed by atoms with Gasteiger partial charge in [-0.1, -0.05) is 21.5 Å². The summed E-state index contributed by atoms with van der Waals surface area (Å²) in [4.78, 5) is 0. The number of hydrogen-bond donors (Lipinski definition) is 0. The Hall–Kier alpha value is -0.0200. The molecular weight excluding hydrogens is 272 g/mol. The Morgan fingerprint density at radius 3 is 2.82 bits per heavy atom. The summed E-state index contributed by atoms with van der Waals surface area (Å²) in [5, 5.41) is 0.880. The molecule has 0 saturated heterocycles. The zero-order valence-electron chi connectivity index (χ0n) is 6.10. The molecule has 0 spiro atoms. The van der Waals surface area contributed by atoms with Gasteiger partial charge in [0.25, 0.3) is 0 Å². The lowest BCUT2D eigenvalue weighted by Gasteiger charge is -1.89. The van der Waals surface area contributed by atoms with Crippen molar-refractivity contribution in [3.05, 3.63) is 28.1 Å². The SMILES string of the molecule is CC(=Cc1ccc(Br)o1)CBr. The monoisotopic (exact) mass is 278 g/mol. The summed E-state index contributed by atoms with van der Waals surface area (Å²) in [6.07, 6.45) is 2.00. The molecule has 0 amide bonds. The minimum absolute atomic E-state index is 0.770. The van der Waals surface area contributed by atoms with Gasteiger partial charge < -0.3 is 4.42 Å². The van der Waals surface area contributed by atoms with Crippen molar-refractivity contribution in [3.8, 4) is 0 Å². The van der Waals surface area contributed by atoms with Crippen molar-refractivity contribution in [3.63, 3.8) is 0 Å². The molecule has 0 unspecified atom stereocenters. The minimum Gasteiger partial charge on any atom is -0.450 e. The summed E-state index contributed by atoms with van der Waals surface area (Å²) in [7, 11) is 0. The maximum absolute atomic E-state index is 5.28. The highest BCUT2D eigenvalue weighted by Crippen LogP contribution is 2.16. The third kappa shape index (κ3) is 2.83. The lowest BCUT2D eigenvalue weighted by molar-refractivity contribution is 0.531. The topological polar surface area (TPSA) is 13.1 Å². The zero-order valence-corrected chi connectivity index (χ0v) is 9.28. The second kappa shape index (κ2) is 4.12. The highest BCUT2D eigenvalue weighted by molar-refractivity contribution is 9.10. The fraction of sp³-hybridized carbons (Fsp3) is 0.250. The number of hydrogen-bond acceptors (Lipinski definition) is 1. The molecule has 0 N–H and O–H groups in total. The van der Waals surface area contributed by atoms with Gasteiger partial charge in [-0.25, -0.2) is 0 Å². The smallest absolute Gasteiger partial charge is 0.169 e. The molecular formula is C8H8Br2O. The Morgan fingerprint density at radius 2 is 2.36 bits per heavy atom. The number of alkyl halides is 1. The molecule has 1 aromatic rings. The molecule has 0 aliphatic rings. The Bertz CT molecular complexity index is 263. The van der Waals surface area contributed by atoms with Crippen molar-refractivity contribution in [2.24, 2.45) is 0 Å². The van der Waals surface area contributed by atoms with Crippen LogP contribution < -0.4 is 0 Å². The normalized spacial score (nSPS) is 12.1. The Labute approximate surface area is 82.7 Å². The van der Waals surface area contributed by atoms with Gasteiger partial charge in [0.05, 0.1) is 0 Å². The van der Waals surface area contributed by atoms with Crippen LogP contribution in [-0.4, -0.2) is 5.33 Å². The van der Waals surface area contributed by atoms with Crippen molar-refractivity contribution in [1.29, 1.82) is 0 Å². The quantitative estimate of drug-likeness (QED) is 0.750. The van der Waals surface area contributed by atoms with E-state index in [2.05, 4.69) is 31.9 Å². The highest BCUT2D eigenvalue weighted by Gasteiger charge is 1.95. The molecule has 0 saturated carbocycles. The van der Waals surface area contributed by atoms with Crippen molar-refractivity contribution >= 4 is 37.9 Å². The average Bonchev–Trinajstić information content (AvgIpc) is 2.35. The molecule has 0 fully saturated rings. The van der Waals surface area contributed by atoms with Crippen molar-refractivity contribution in [1.82, 2.24) is 0 Å². The van der Waals surface area contributed by atoms with Crippen LogP contribution >= 0.6 is 31.9 Å². The van der Waals surface area contributed by atoms with Crippen molar-refractivity contribution in [2.45, 2.75) is 6.92 Å². The fourth-order valence-corrected chi connectivity index (χ4v) is 1.17.